The van der Waals surface area contributed by atoms with Crippen LogP contribution in [0.2, 0.25) is 0 Å². The third kappa shape index (κ3) is 7.52. The number of nitrogens with zero attached hydrogens (tertiary/aromatic N) is 13. The summed E-state index contributed by atoms with van der Waals surface area (Å²) in [6.07, 6.45) is 15.7. The van der Waals surface area contributed by atoms with Crippen molar-refractivity contribution < 1.29 is 4.74 Å². The van der Waals surface area contributed by atoms with Crippen molar-refractivity contribution in [3.63, 3.8) is 0 Å². The highest BCUT2D eigenvalue weighted by Gasteiger charge is 2.44. The number of aromatic nitrogens is 12. The second-order valence-electron chi connectivity index (χ2n) is 19.0. The number of nitrogens with one attached hydrogen (secondary N) is 4. The third-order valence-corrected chi connectivity index (χ3v) is 14.9. The van der Waals surface area contributed by atoms with Gasteiger partial charge < -0.3 is 30.6 Å². The van der Waals surface area contributed by atoms with Gasteiger partial charge in [0.15, 0.2) is 0 Å². The van der Waals surface area contributed by atoms with Crippen LogP contribution in [0.4, 0.5) is 17.6 Å². The molecule has 0 bridgehead atoms. The third-order valence-electron chi connectivity index (χ3n) is 14.9. The summed E-state index contributed by atoms with van der Waals surface area (Å²) in [5, 5.41) is 29.0. The molecule has 2 saturated heterocycles. The number of anilines is 3. The van der Waals surface area contributed by atoms with Gasteiger partial charge in [0, 0.05) is 101 Å². The summed E-state index contributed by atoms with van der Waals surface area (Å²) in [7, 11) is 3.85. The molecule has 5 aliphatic rings. The predicted octanol–water partition coefficient (Wildman–Crippen LogP) is 5.44. The first-order valence-corrected chi connectivity index (χ1v) is 23.8. The largest absolute Gasteiger partial charge is 0.374 e. The molecule has 67 heavy (non-hydrogen) atoms. The fraction of sp³-hybridized carbons (Fsp3) is 0.408. The van der Waals surface area contributed by atoms with E-state index >= 15 is 0 Å². The molecule has 18 nitrogen and oxygen atoms in total. The van der Waals surface area contributed by atoms with Gasteiger partial charge in [0.1, 0.15) is 34.6 Å². The molecule has 18 heteroatoms. The summed E-state index contributed by atoms with van der Waals surface area (Å²) in [6, 6.07) is 18.0. The van der Waals surface area contributed by atoms with Crippen molar-refractivity contribution in [2.45, 2.75) is 68.8 Å². The molecule has 2 saturated carbocycles. The van der Waals surface area contributed by atoms with Crippen LogP contribution in [0.25, 0.3) is 49.8 Å². The van der Waals surface area contributed by atoms with E-state index in [2.05, 4.69) is 98.8 Å². The molecular formula is C49H53N17O. The number of rotatable bonds is 10. The molecule has 340 valence electrons. The zero-order chi connectivity index (χ0) is 44.6. The number of piperazine rings is 1. The van der Waals surface area contributed by atoms with Gasteiger partial charge in [0.2, 0.25) is 5.95 Å². The number of H-pyrrole nitrogens is 1. The van der Waals surface area contributed by atoms with Crippen LogP contribution in [-0.4, -0.2) is 128 Å². The number of fused-ring (bicyclic) bond motifs is 6. The van der Waals surface area contributed by atoms with Crippen molar-refractivity contribution >= 4 is 56.3 Å². The molecule has 0 radical (unpaired) electrons. The molecule has 0 spiro atoms. The lowest BCUT2D eigenvalue weighted by atomic mass is 9.89. The minimum Gasteiger partial charge on any atom is -0.374 e. The molecule has 3 aliphatic carbocycles. The highest BCUT2D eigenvalue weighted by Crippen LogP contribution is 2.55. The van der Waals surface area contributed by atoms with Crippen molar-refractivity contribution in [2.75, 3.05) is 54.9 Å². The van der Waals surface area contributed by atoms with Crippen LogP contribution in [0, 0.1) is 5.92 Å². The molecule has 8 aromatic rings. The lowest BCUT2D eigenvalue weighted by molar-refractivity contribution is -0.0639. The van der Waals surface area contributed by atoms with Crippen molar-refractivity contribution in [2.24, 2.45) is 20.0 Å². The highest BCUT2D eigenvalue weighted by molar-refractivity contribution is 6.02. The predicted molar refractivity (Wildman–Crippen MR) is 256 cm³/mol. The van der Waals surface area contributed by atoms with Crippen molar-refractivity contribution in [1.82, 2.24) is 70.1 Å². The SMILES string of the molecule is Cn1nnc2ccc(C3=C[C@H]4CC4c4nc(NCc5ccc(N6CCNC(C7CN(C8CCC(Nc9ncnc%10[nH]cc(-c%11ccc%12nnn(C)c%12c%11)c9%10)CC8)CCO7)C6)nc5)ncc43)cc21. The first-order chi connectivity index (χ1) is 33.0. The van der Waals surface area contributed by atoms with Gasteiger partial charge in [-0.3, -0.25) is 4.90 Å². The zero-order valence-corrected chi connectivity index (χ0v) is 37.7. The zero-order valence-electron chi connectivity index (χ0n) is 37.7. The van der Waals surface area contributed by atoms with Crippen LogP contribution >= 0.6 is 0 Å². The Labute approximate surface area is 386 Å². The van der Waals surface area contributed by atoms with Crippen LogP contribution < -0.4 is 20.9 Å². The molecule has 4 fully saturated rings. The molecule has 13 rings (SSSR count). The Hall–Kier alpha value is -6.89. The van der Waals surface area contributed by atoms with Crippen LogP contribution in [0.3, 0.4) is 0 Å². The topological polar surface area (TPSA) is 193 Å². The Bertz CT molecular complexity index is 3170. The van der Waals surface area contributed by atoms with Crippen molar-refractivity contribution in [1.29, 1.82) is 0 Å². The van der Waals surface area contributed by atoms with E-state index in [1.54, 1.807) is 6.33 Å². The molecule has 2 aromatic carbocycles. The first-order valence-electron chi connectivity index (χ1n) is 23.8. The normalized spacial score (nSPS) is 24.1. The summed E-state index contributed by atoms with van der Waals surface area (Å²) < 4.78 is 10.1. The second-order valence-corrected chi connectivity index (χ2v) is 19.0. The molecule has 6 aromatic heterocycles. The van der Waals surface area contributed by atoms with E-state index in [0.717, 1.165) is 150 Å². The van der Waals surface area contributed by atoms with Crippen LogP contribution in [0.5, 0.6) is 0 Å². The van der Waals surface area contributed by atoms with Gasteiger partial charge in [0.05, 0.1) is 40.9 Å². The number of ether oxygens (including phenoxy) is 1. The van der Waals surface area contributed by atoms with E-state index in [1.807, 2.05) is 54.2 Å². The van der Waals surface area contributed by atoms with Gasteiger partial charge in [0.25, 0.3) is 0 Å². The quantitative estimate of drug-likeness (QED) is 0.136. The van der Waals surface area contributed by atoms with Gasteiger partial charge in [-0.25, -0.2) is 34.3 Å². The van der Waals surface area contributed by atoms with Crippen molar-refractivity contribution in [3.8, 4) is 11.1 Å². The van der Waals surface area contributed by atoms with Crippen molar-refractivity contribution in [3.05, 3.63) is 102 Å². The number of allylic oxidation sites excluding steroid dienone is 1. The lowest BCUT2D eigenvalue weighted by Gasteiger charge is -2.45. The first kappa shape index (κ1) is 40.4. The number of pyridine rings is 1. The maximum atomic E-state index is 6.49. The maximum absolute atomic E-state index is 6.49. The number of morpholine rings is 1. The maximum Gasteiger partial charge on any atom is 0.223 e. The molecule has 3 unspecified atom stereocenters. The average molecular weight is 896 g/mol. The van der Waals surface area contributed by atoms with E-state index < -0.39 is 0 Å². The minimum absolute atomic E-state index is 0.120. The Kier molecular flexibility index (Phi) is 9.92. The second kappa shape index (κ2) is 16.5. The van der Waals surface area contributed by atoms with E-state index in [1.165, 1.54) is 5.57 Å². The molecule has 8 heterocycles. The molecular weight excluding hydrogens is 843 g/mol. The Morgan fingerprint density at radius 2 is 1.64 bits per heavy atom. The summed E-state index contributed by atoms with van der Waals surface area (Å²) in [5.41, 5.74) is 12.4. The molecule has 0 amide bonds. The van der Waals surface area contributed by atoms with Gasteiger partial charge >= 0.3 is 0 Å². The summed E-state index contributed by atoms with van der Waals surface area (Å²) >= 11 is 0. The minimum atomic E-state index is 0.120. The van der Waals surface area contributed by atoms with Gasteiger partial charge in [-0.05, 0) is 90.6 Å². The van der Waals surface area contributed by atoms with E-state index in [0.29, 0.717) is 36.4 Å². The lowest BCUT2D eigenvalue weighted by Crippen LogP contribution is -2.61. The number of aromatic amines is 1. The smallest absolute Gasteiger partial charge is 0.223 e. The van der Waals surface area contributed by atoms with Crippen LogP contribution in [0.15, 0.2) is 79.5 Å². The highest BCUT2D eigenvalue weighted by atomic mass is 16.5. The summed E-state index contributed by atoms with van der Waals surface area (Å²) in [5.74, 6) is 3.51. The number of benzene rings is 2. The number of hydrogen-bond acceptors (Lipinski definition) is 15. The van der Waals surface area contributed by atoms with Gasteiger partial charge in [-0.15, -0.1) is 10.2 Å². The van der Waals surface area contributed by atoms with Crippen LogP contribution in [-0.2, 0) is 25.4 Å². The Morgan fingerprint density at radius 1 is 0.821 bits per heavy atom. The Balaban J connectivity index is 0.611. The van der Waals surface area contributed by atoms with Gasteiger partial charge in [-0.2, -0.15) is 0 Å². The summed E-state index contributed by atoms with van der Waals surface area (Å²) in [6.45, 7) is 5.92. The van der Waals surface area contributed by atoms with Crippen LogP contribution in [0.1, 0.15) is 60.4 Å². The monoisotopic (exact) mass is 895 g/mol. The fourth-order valence-corrected chi connectivity index (χ4v) is 11.1. The number of hydrogen-bond donors (Lipinski definition) is 4. The molecule has 4 N–H and O–H groups in total. The standard InChI is InChI=1S/C49H53N17O/c1-63-41-19-29(4-10-38(41)59-61-63)34-17-31-18-35(31)46-37(34)24-54-49(58-46)53-22-28-3-12-44(51-21-28)66-14-13-50-40(25-66)43-26-65(15-16-67-43)33-8-6-32(7-9-33)57-48-45-36(23-52-47(45)55-27-56-48)30-5-11-39-42(20-30)64(2)62-60-39/h3-5,10-12,17,19-21,23-24,27,31-33,35,40,43,50H,6-9,13-16,18,22,25-26H2,1-2H3,(H,53,54,58)(H2,52,55,56,57)/t31-,32?,33?,35?,40?,43?/m0/s1. The van der Waals surface area contributed by atoms with Gasteiger partial charge in [-0.1, -0.05) is 34.7 Å². The molecule has 2 aliphatic heterocycles. The Morgan fingerprint density at radius 3 is 2.46 bits per heavy atom. The summed E-state index contributed by atoms with van der Waals surface area (Å²) in [4.78, 5) is 32.6. The van der Waals surface area contributed by atoms with E-state index in [-0.39, 0.29) is 12.1 Å². The molecule has 4 atom stereocenters. The van der Waals surface area contributed by atoms with E-state index in [4.69, 9.17) is 24.7 Å². The average Bonchev–Trinajstić information content (AvgIpc) is 3.66. The number of aryl methyl sites for hydroxylation is 2. The van der Waals surface area contributed by atoms with E-state index in [9.17, 15) is 0 Å². The fourth-order valence-electron chi connectivity index (χ4n) is 11.1.